The largest absolute Gasteiger partial charge is 0.351 e. The minimum absolute atomic E-state index is 0.0621. The lowest BCUT2D eigenvalue weighted by Gasteiger charge is -2.22. The van der Waals surface area contributed by atoms with E-state index in [1.807, 2.05) is 30.3 Å². The molecule has 0 bridgehead atoms. The highest BCUT2D eigenvalue weighted by Crippen LogP contribution is 2.31. The number of benzene rings is 2. The standard InChI is InChI=1S/C20H19Cl3INO2/c21-10-19(26)15(11-24)8-16(14-6-7-17(22)18(23)9-14)20(27)25-12-13-4-2-1-3-5-13/h1-7,9,15-16H,8,10-12H2,(H,25,27). The van der Waals surface area contributed by atoms with Crippen molar-refractivity contribution in [1.82, 2.24) is 5.32 Å². The molecular formula is C20H19Cl3INO2. The van der Waals surface area contributed by atoms with Crippen molar-refractivity contribution in [2.75, 3.05) is 10.3 Å². The molecule has 0 aromatic heterocycles. The molecule has 3 nitrogen and oxygen atoms in total. The Kier molecular flexibility index (Phi) is 9.36. The number of amides is 1. The lowest BCUT2D eigenvalue weighted by atomic mass is 9.87. The molecule has 7 heteroatoms. The smallest absolute Gasteiger partial charge is 0.227 e. The van der Waals surface area contributed by atoms with Crippen LogP contribution < -0.4 is 5.32 Å². The first kappa shape index (κ1) is 22.5. The van der Waals surface area contributed by atoms with Crippen molar-refractivity contribution < 1.29 is 9.59 Å². The number of alkyl halides is 2. The van der Waals surface area contributed by atoms with E-state index in [1.165, 1.54) is 0 Å². The van der Waals surface area contributed by atoms with Gasteiger partial charge < -0.3 is 5.32 Å². The zero-order valence-corrected chi connectivity index (χ0v) is 18.9. The summed E-state index contributed by atoms with van der Waals surface area (Å²) in [6.45, 7) is 0.413. The van der Waals surface area contributed by atoms with Crippen LogP contribution in [0.15, 0.2) is 48.5 Å². The fourth-order valence-electron chi connectivity index (χ4n) is 2.71. The topological polar surface area (TPSA) is 46.2 Å². The Morgan fingerprint density at radius 3 is 2.33 bits per heavy atom. The van der Waals surface area contributed by atoms with Crippen molar-refractivity contribution in [3.63, 3.8) is 0 Å². The second kappa shape index (κ2) is 11.2. The van der Waals surface area contributed by atoms with Gasteiger partial charge in [-0.25, -0.2) is 0 Å². The summed E-state index contributed by atoms with van der Waals surface area (Å²) in [4.78, 5) is 25.1. The van der Waals surface area contributed by atoms with E-state index in [-0.39, 0.29) is 23.5 Å². The van der Waals surface area contributed by atoms with E-state index in [2.05, 4.69) is 27.9 Å². The van der Waals surface area contributed by atoms with Gasteiger partial charge in [0.1, 0.15) is 0 Å². The van der Waals surface area contributed by atoms with Gasteiger partial charge in [0.25, 0.3) is 0 Å². The van der Waals surface area contributed by atoms with Crippen molar-refractivity contribution >= 4 is 69.1 Å². The number of halogens is 4. The van der Waals surface area contributed by atoms with E-state index >= 15 is 0 Å². The number of ketones is 1. The Hall–Kier alpha value is -0.820. The summed E-state index contributed by atoms with van der Waals surface area (Å²) < 4.78 is 0.590. The summed E-state index contributed by atoms with van der Waals surface area (Å²) in [6, 6.07) is 14.8. The van der Waals surface area contributed by atoms with E-state index in [0.29, 0.717) is 27.4 Å². The predicted molar refractivity (Wildman–Crippen MR) is 120 cm³/mol. The third-order valence-corrected chi connectivity index (χ3v) is 6.33. The zero-order chi connectivity index (χ0) is 19.8. The molecule has 1 amide bonds. The van der Waals surface area contributed by atoms with Crippen LogP contribution in [0.2, 0.25) is 10.0 Å². The number of nitrogens with one attached hydrogen (secondary N) is 1. The van der Waals surface area contributed by atoms with Gasteiger partial charge in [0.05, 0.1) is 21.8 Å². The molecule has 0 radical (unpaired) electrons. The predicted octanol–water partition coefficient (Wildman–Crippen LogP) is 5.64. The Morgan fingerprint density at radius 1 is 1.04 bits per heavy atom. The lowest BCUT2D eigenvalue weighted by Crippen LogP contribution is -2.32. The summed E-state index contributed by atoms with van der Waals surface area (Å²) in [7, 11) is 0. The number of hydrogen-bond donors (Lipinski definition) is 1. The Bertz CT molecular complexity index is 786. The molecule has 0 fully saturated rings. The molecule has 144 valence electrons. The van der Waals surface area contributed by atoms with Crippen molar-refractivity contribution in [2.24, 2.45) is 5.92 Å². The number of carbonyl (C=O) groups excluding carboxylic acids is 2. The molecular weight excluding hydrogens is 519 g/mol. The first-order valence-corrected chi connectivity index (χ1v) is 11.2. The lowest BCUT2D eigenvalue weighted by molar-refractivity contribution is -0.124. The summed E-state index contributed by atoms with van der Waals surface area (Å²) in [5, 5.41) is 3.76. The summed E-state index contributed by atoms with van der Waals surface area (Å²) in [5.41, 5.74) is 1.73. The van der Waals surface area contributed by atoms with Gasteiger partial charge in [0, 0.05) is 16.9 Å². The second-order valence-electron chi connectivity index (χ2n) is 6.12. The summed E-state index contributed by atoms with van der Waals surface area (Å²) in [5.74, 6) is -1.10. The van der Waals surface area contributed by atoms with E-state index in [4.69, 9.17) is 34.8 Å². The average Bonchev–Trinajstić information content (AvgIpc) is 2.69. The molecule has 0 saturated carbocycles. The second-order valence-corrected chi connectivity index (χ2v) is 8.08. The molecule has 0 heterocycles. The van der Waals surface area contributed by atoms with Gasteiger partial charge in [-0.3, -0.25) is 9.59 Å². The Labute approximate surface area is 187 Å². The normalized spacial score (nSPS) is 13.0. The summed E-state index contributed by atoms with van der Waals surface area (Å²) in [6.07, 6.45) is 0.368. The minimum atomic E-state index is -0.518. The number of hydrogen-bond acceptors (Lipinski definition) is 2. The maximum absolute atomic E-state index is 12.9. The first-order chi connectivity index (χ1) is 13.0. The number of Topliss-reactive ketones (excluding diaryl/α,β-unsaturated/α-hetero) is 1. The molecule has 2 aromatic carbocycles. The van der Waals surface area contributed by atoms with Gasteiger partial charge in [0.15, 0.2) is 5.78 Å². The Morgan fingerprint density at radius 2 is 1.74 bits per heavy atom. The van der Waals surface area contributed by atoms with Crippen molar-refractivity contribution in [3.05, 3.63) is 69.7 Å². The van der Waals surface area contributed by atoms with Crippen LogP contribution in [0.4, 0.5) is 0 Å². The number of carbonyl (C=O) groups is 2. The fourth-order valence-corrected chi connectivity index (χ4v) is 4.08. The molecule has 0 aliphatic carbocycles. The fraction of sp³-hybridized carbons (Fsp3) is 0.300. The van der Waals surface area contributed by atoms with Crippen LogP contribution in [0.25, 0.3) is 0 Å². The van der Waals surface area contributed by atoms with Gasteiger partial charge >= 0.3 is 0 Å². The quantitative estimate of drug-likeness (QED) is 0.332. The van der Waals surface area contributed by atoms with Crippen LogP contribution in [0.3, 0.4) is 0 Å². The third kappa shape index (κ3) is 6.63. The molecule has 2 rings (SSSR count). The van der Waals surface area contributed by atoms with Gasteiger partial charge in [-0.1, -0.05) is 82.2 Å². The van der Waals surface area contributed by atoms with Crippen LogP contribution in [0.5, 0.6) is 0 Å². The maximum atomic E-state index is 12.9. The van der Waals surface area contributed by atoms with E-state index in [9.17, 15) is 9.59 Å². The molecule has 2 atom stereocenters. The zero-order valence-electron chi connectivity index (χ0n) is 14.4. The van der Waals surface area contributed by atoms with Crippen LogP contribution in [-0.2, 0) is 16.1 Å². The monoisotopic (exact) mass is 537 g/mol. The SMILES string of the molecule is O=C(CCl)C(CI)CC(C(=O)NCc1ccccc1)c1ccc(Cl)c(Cl)c1. The Balaban J connectivity index is 2.23. The molecule has 0 spiro atoms. The van der Waals surface area contributed by atoms with Crippen molar-refractivity contribution in [3.8, 4) is 0 Å². The van der Waals surface area contributed by atoms with Crippen LogP contribution in [0.1, 0.15) is 23.5 Å². The van der Waals surface area contributed by atoms with Gasteiger partial charge in [-0.2, -0.15) is 0 Å². The van der Waals surface area contributed by atoms with Gasteiger partial charge in [-0.15, -0.1) is 11.6 Å². The van der Waals surface area contributed by atoms with Gasteiger partial charge in [-0.05, 0) is 29.7 Å². The van der Waals surface area contributed by atoms with Crippen LogP contribution in [0, 0.1) is 5.92 Å². The first-order valence-electron chi connectivity index (χ1n) is 8.37. The molecule has 2 unspecified atom stereocenters. The van der Waals surface area contributed by atoms with E-state index in [1.54, 1.807) is 18.2 Å². The molecule has 0 saturated heterocycles. The number of rotatable bonds is 9. The average molecular weight is 539 g/mol. The van der Waals surface area contributed by atoms with Crippen LogP contribution in [-0.4, -0.2) is 22.0 Å². The highest BCUT2D eigenvalue weighted by molar-refractivity contribution is 14.1. The van der Waals surface area contributed by atoms with Crippen molar-refractivity contribution in [2.45, 2.75) is 18.9 Å². The maximum Gasteiger partial charge on any atom is 0.227 e. The van der Waals surface area contributed by atoms with Gasteiger partial charge in [0.2, 0.25) is 5.91 Å². The highest BCUT2D eigenvalue weighted by atomic mass is 127. The molecule has 27 heavy (non-hydrogen) atoms. The van der Waals surface area contributed by atoms with E-state index < -0.39 is 5.92 Å². The highest BCUT2D eigenvalue weighted by Gasteiger charge is 2.28. The van der Waals surface area contributed by atoms with E-state index in [0.717, 1.165) is 11.1 Å². The van der Waals surface area contributed by atoms with Crippen LogP contribution >= 0.6 is 57.4 Å². The molecule has 0 aliphatic rings. The van der Waals surface area contributed by atoms with Crippen molar-refractivity contribution in [1.29, 1.82) is 0 Å². The molecule has 0 aliphatic heterocycles. The molecule has 2 aromatic rings. The minimum Gasteiger partial charge on any atom is -0.351 e. The summed E-state index contributed by atoms with van der Waals surface area (Å²) >= 11 is 20.0. The molecule has 1 N–H and O–H groups in total. The third-order valence-electron chi connectivity index (χ3n) is 4.27.